The lowest BCUT2D eigenvalue weighted by Gasteiger charge is -2.03. The van der Waals surface area contributed by atoms with Crippen molar-refractivity contribution in [3.05, 3.63) is 12.2 Å². The topological polar surface area (TPSA) is 26.0 Å². The van der Waals surface area contributed by atoms with Crippen LogP contribution in [0.2, 0.25) is 0 Å². The molecule has 0 amide bonds. The third-order valence-electron chi connectivity index (χ3n) is 1.46. The zero-order valence-electron chi connectivity index (χ0n) is 6.43. The molecule has 0 saturated carbocycles. The second-order valence-corrected chi connectivity index (χ2v) is 2.49. The monoisotopic (exact) mass is 127 g/mol. The lowest BCUT2D eigenvalue weighted by molar-refractivity contribution is 0.550. The molecule has 9 heavy (non-hydrogen) atoms. The molecule has 0 aromatic rings. The van der Waals surface area contributed by atoms with E-state index in [4.69, 9.17) is 5.73 Å². The Morgan fingerprint density at radius 2 is 2.22 bits per heavy atom. The summed E-state index contributed by atoms with van der Waals surface area (Å²) in [7, 11) is 0. The van der Waals surface area contributed by atoms with Crippen LogP contribution in [0.1, 0.15) is 26.7 Å². The highest BCUT2D eigenvalue weighted by atomic mass is 14.5. The van der Waals surface area contributed by atoms with Crippen LogP contribution < -0.4 is 5.73 Å². The van der Waals surface area contributed by atoms with Gasteiger partial charge in [-0.3, -0.25) is 0 Å². The van der Waals surface area contributed by atoms with Gasteiger partial charge in [0.15, 0.2) is 0 Å². The largest absolute Gasteiger partial charge is 0.330 e. The predicted octanol–water partition coefficient (Wildman–Crippen LogP) is 1.94. The first-order valence-corrected chi connectivity index (χ1v) is 3.62. The first-order valence-electron chi connectivity index (χ1n) is 3.62. The molecule has 1 nitrogen and oxygen atoms in total. The van der Waals surface area contributed by atoms with Crippen molar-refractivity contribution < 1.29 is 0 Å². The van der Waals surface area contributed by atoms with E-state index in [1.807, 2.05) is 6.92 Å². The van der Waals surface area contributed by atoms with Gasteiger partial charge in [-0.25, -0.2) is 0 Å². The molecule has 0 fully saturated rings. The minimum absolute atomic E-state index is 0.682. The van der Waals surface area contributed by atoms with Gasteiger partial charge in [-0.2, -0.15) is 0 Å². The van der Waals surface area contributed by atoms with E-state index in [2.05, 4.69) is 19.1 Å². The van der Waals surface area contributed by atoms with Gasteiger partial charge in [0.25, 0.3) is 0 Å². The van der Waals surface area contributed by atoms with Crippen molar-refractivity contribution in [2.24, 2.45) is 11.7 Å². The first-order chi connectivity index (χ1) is 4.31. The quantitative estimate of drug-likeness (QED) is 0.574. The molecule has 1 heteroatoms. The van der Waals surface area contributed by atoms with E-state index in [0.29, 0.717) is 5.92 Å². The van der Waals surface area contributed by atoms with E-state index in [1.54, 1.807) is 0 Å². The number of allylic oxidation sites excluding steroid dienone is 2. The Hall–Kier alpha value is -0.300. The molecule has 0 heterocycles. The van der Waals surface area contributed by atoms with Crippen LogP contribution in [0.4, 0.5) is 0 Å². The summed E-state index contributed by atoms with van der Waals surface area (Å²) in [6.45, 7) is 5.05. The summed E-state index contributed by atoms with van der Waals surface area (Å²) >= 11 is 0. The Balaban J connectivity index is 3.06. The maximum atomic E-state index is 5.43. The van der Waals surface area contributed by atoms with Crippen LogP contribution in [0.25, 0.3) is 0 Å². The normalized spacial score (nSPS) is 14.6. The van der Waals surface area contributed by atoms with Crippen LogP contribution in [0.3, 0.4) is 0 Å². The van der Waals surface area contributed by atoms with Crippen molar-refractivity contribution in [2.45, 2.75) is 26.7 Å². The van der Waals surface area contributed by atoms with Gasteiger partial charge in [-0.15, -0.1) is 0 Å². The zero-order chi connectivity index (χ0) is 7.11. The maximum Gasteiger partial charge on any atom is -0.00514 e. The third-order valence-corrected chi connectivity index (χ3v) is 1.46. The smallest absolute Gasteiger partial charge is 0.00514 e. The first kappa shape index (κ1) is 8.70. The van der Waals surface area contributed by atoms with Gasteiger partial charge in [-0.05, 0) is 32.2 Å². The third kappa shape index (κ3) is 5.57. The highest BCUT2D eigenvalue weighted by molar-refractivity contribution is 4.77. The lowest BCUT2D eigenvalue weighted by atomic mass is 10.1. The maximum absolute atomic E-state index is 5.43. The fourth-order valence-electron chi connectivity index (χ4n) is 0.665. The Morgan fingerprint density at radius 1 is 1.56 bits per heavy atom. The predicted molar refractivity (Wildman–Crippen MR) is 42.3 cm³/mol. The molecule has 0 bridgehead atoms. The molecular weight excluding hydrogens is 110 g/mol. The Bertz CT molecular complexity index is 76.6. The van der Waals surface area contributed by atoms with Gasteiger partial charge in [-0.1, -0.05) is 19.1 Å². The SMILES string of the molecule is C/C=C/CCC(C)CN. The van der Waals surface area contributed by atoms with Crippen molar-refractivity contribution in [1.82, 2.24) is 0 Å². The molecule has 54 valence electrons. The van der Waals surface area contributed by atoms with Gasteiger partial charge < -0.3 is 5.73 Å². The van der Waals surface area contributed by atoms with E-state index >= 15 is 0 Å². The summed E-state index contributed by atoms with van der Waals surface area (Å²) in [4.78, 5) is 0. The van der Waals surface area contributed by atoms with Crippen LogP contribution in [-0.4, -0.2) is 6.54 Å². The molecule has 0 aliphatic heterocycles. The molecule has 0 saturated heterocycles. The standard InChI is InChI=1S/C8H17N/c1-3-4-5-6-8(2)7-9/h3-4,8H,5-7,9H2,1-2H3/b4-3+. The van der Waals surface area contributed by atoms with Crippen molar-refractivity contribution in [1.29, 1.82) is 0 Å². The fourth-order valence-corrected chi connectivity index (χ4v) is 0.665. The molecule has 0 aromatic carbocycles. The summed E-state index contributed by atoms with van der Waals surface area (Å²) in [5.41, 5.74) is 5.43. The van der Waals surface area contributed by atoms with Gasteiger partial charge in [0.1, 0.15) is 0 Å². The molecule has 0 aromatic heterocycles. The molecule has 1 atom stereocenters. The average Bonchev–Trinajstić information content (AvgIpc) is 1.89. The molecule has 0 rings (SSSR count). The van der Waals surface area contributed by atoms with Gasteiger partial charge in [0, 0.05) is 0 Å². The van der Waals surface area contributed by atoms with E-state index in [-0.39, 0.29) is 0 Å². The van der Waals surface area contributed by atoms with Gasteiger partial charge in [0.05, 0.1) is 0 Å². The van der Waals surface area contributed by atoms with Crippen molar-refractivity contribution in [2.75, 3.05) is 6.54 Å². The fraction of sp³-hybridized carbons (Fsp3) is 0.750. The van der Waals surface area contributed by atoms with E-state index in [0.717, 1.165) is 6.54 Å². The second kappa shape index (κ2) is 5.83. The summed E-state index contributed by atoms with van der Waals surface area (Å²) in [5, 5.41) is 0. The van der Waals surface area contributed by atoms with Crippen LogP contribution in [0.5, 0.6) is 0 Å². The number of hydrogen-bond donors (Lipinski definition) is 1. The van der Waals surface area contributed by atoms with Crippen molar-refractivity contribution in [3.8, 4) is 0 Å². The van der Waals surface area contributed by atoms with Crippen LogP contribution in [0.15, 0.2) is 12.2 Å². The van der Waals surface area contributed by atoms with Crippen LogP contribution >= 0.6 is 0 Å². The second-order valence-electron chi connectivity index (χ2n) is 2.49. The molecule has 2 N–H and O–H groups in total. The summed E-state index contributed by atoms with van der Waals surface area (Å²) in [6.07, 6.45) is 6.67. The van der Waals surface area contributed by atoms with Gasteiger partial charge in [0.2, 0.25) is 0 Å². The van der Waals surface area contributed by atoms with E-state index < -0.39 is 0 Å². The zero-order valence-corrected chi connectivity index (χ0v) is 6.43. The molecule has 0 aliphatic rings. The number of rotatable bonds is 4. The summed E-state index contributed by atoms with van der Waals surface area (Å²) < 4.78 is 0. The van der Waals surface area contributed by atoms with Crippen molar-refractivity contribution >= 4 is 0 Å². The van der Waals surface area contributed by atoms with E-state index in [1.165, 1.54) is 12.8 Å². The van der Waals surface area contributed by atoms with Crippen LogP contribution in [-0.2, 0) is 0 Å². The molecule has 0 aliphatic carbocycles. The summed E-state index contributed by atoms with van der Waals surface area (Å²) in [5.74, 6) is 0.682. The Morgan fingerprint density at radius 3 is 2.67 bits per heavy atom. The lowest BCUT2D eigenvalue weighted by Crippen LogP contribution is -2.09. The molecule has 0 radical (unpaired) electrons. The Labute approximate surface area is 57.9 Å². The molecule has 1 unspecified atom stereocenters. The number of hydrogen-bond acceptors (Lipinski definition) is 1. The highest BCUT2D eigenvalue weighted by Crippen LogP contribution is 2.02. The highest BCUT2D eigenvalue weighted by Gasteiger charge is 1.94. The minimum Gasteiger partial charge on any atom is -0.330 e. The minimum atomic E-state index is 0.682. The molecular formula is C8H17N. The van der Waals surface area contributed by atoms with Gasteiger partial charge >= 0.3 is 0 Å². The van der Waals surface area contributed by atoms with E-state index in [9.17, 15) is 0 Å². The van der Waals surface area contributed by atoms with Crippen molar-refractivity contribution in [3.63, 3.8) is 0 Å². The summed E-state index contributed by atoms with van der Waals surface area (Å²) in [6, 6.07) is 0. The number of nitrogens with two attached hydrogens (primary N) is 1. The average molecular weight is 127 g/mol. The van der Waals surface area contributed by atoms with Crippen LogP contribution in [0, 0.1) is 5.92 Å². The molecule has 0 spiro atoms. The Kier molecular flexibility index (Phi) is 5.64.